The lowest BCUT2D eigenvalue weighted by molar-refractivity contribution is -0.128. The maximum atomic E-state index is 13.0. The number of carbonyl (C=O) groups is 1. The smallest absolute Gasteiger partial charge is 0.232 e. The van der Waals surface area contributed by atoms with E-state index in [0.717, 1.165) is 49.5 Å². The van der Waals surface area contributed by atoms with Crippen LogP contribution in [-0.4, -0.2) is 24.0 Å². The van der Waals surface area contributed by atoms with Gasteiger partial charge in [-0.05, 0) is 61.7 Å². The number of ether oxygens (including phenoxy) is 1. The van der Waals surface area contributed by atoms with Crippen molar-refractivity contribution in [3.05, 3.63) is 48.8 Å². The minimum Gasteiger partial charge on any atom is -0.457 e. The van der Waals surface area contributed by atoms with Crippen LogP contribution in [0.2, 0.25) is 0 Å². The average Bonchev–Trinajstić information content (AvgIpc) is 3.10. The molecule has 0 bridgehead atoms. The van der Waals surface area contributed by atoms with Crippen LogP contribution in [0.4, 0.5) is 5.69 Å². The molecule has 1 aromatic carbocycles. The predicted molar refractivity (Wildman–Crippen MR) is 96.6 cm³/mol. The van der Waals surface area contributed by atoms with Crippen molar-refractivity contribution in [1.29, 1.82) is 0 Å². The van der Waals surface area contributed by atoms with Crippen molar-refractivity contribution in [1.82, 2.24) is 10.3 Å². The number of nitrogens with one attached hydrogen (secondary N) is 2. The maximum absolute atomic E-state index is 13.0. The Bertz CT molecular complexity index is 732. The third-order valence-corrected chi connectivity index (χ3v) is 5.49. The monoisotopic (exact) mass is 337 g/mol. The van der Waals surface area contributed by atoms with E-state index in [9.17, 15) is 4.79 Å². The highest BCUT2D eigenvalue weighted by Crippen LogP contribution is 2.44. The van der Waals surface area contributed by atoms with Gasteiger partial charge in [0.2, 0.25) is 5.91 Å². The highest BCUT2D eigenvalue weighted by Gasteiger charge is 2.49. The van der Waals surface area contributed by atoms with Crippen LogP contribution in [0.1, 0.15) is 25.7 Å². The number of anilines is 1. The Morgan fingerprint density at radius 2 is 1.88 bits per heavy atom. The summed E-state index contributed by atoms with van der Waals surface area (Å²) >= 11 is 0. The Hall–Kier alpha value is -2.40. The van der Waals surface area contributed by atoms with Gasteiger partial charge in [-0.1, -0.05) is 12.8 Å². The van der Waals surface area contributed by atoms with Gasteiger partial charge in [0.05, 0.1) is 5.41 Å². The van der Waals surface area contributed by atoms with E-state index in [4.69, 9.17) is 4.74 Å². The highest BCUT2D eigenvalue weighted by molar-refractivity contribution is 5.96. The Labute approximate surface area is 147 Å². The van der Waals surface area contributed by atoms with Crippen molar-refractivity contribution in [3.8, 4) is 11.5 Å². The van der Waals surface area contributed by atoms with Crippen LogP contribution in [0.15, 0.2) is 48.8 Å². The molecule has 0 spiro atoms. The first-order valence-electron chi connectivity index (χ1n) is 8.96. The summed E-state index contributed by atoms with van der Waals surface area (Å²) in [7, 11) is 0. The quantitative estimate of drug-likeness (QED) is 0.895. The number of pyridine rings is 1. The number of rotatable bonds is 4. The molecule has 2 N–H and O–H groups in total. The molecule has 2 atom stereocenters. The van der Waals surface area contributed by atoms with Gasteiger partial charge in [0.25, 0.3) is 0 Å². The SMILES string of the molecule is O=C(Nc1ccc(Oc2ccncc2)cc1)[C@@]12CCCC[C@H]1CNC2. The third kappa shape index (κ3) is 3.24. The molecule has 0 unspecified atom stereocenters. The Morgan fingerprint density at radius 1 is 1.12 bits per heavy atom. The van der Waals surface area contributed by atoms with E-state index in [1.54, 1.807) is 12.4 Å². The van der Waals surface area contributed by atoms with Crippen LogP contribution in [0.3, 0.4) is 0 Å². The molecule has 2 fully saturated rings. The number of amides is 1. The van der Waals surface area contributed by atoms with Crippen LogP contribution in [0.5, 0.6) is 11.5 Å². The number of carbonyl (C=O) groups excluding carboxylic acids is 1. The first-order valence-corrected chi connectivity index (χ1v) is 8.96. The van der Waals surface area contributed by atoms with Gasteiger partial charge in [-0.2, -0.15) is 0 Å². The normalized spacial score (nSPS) is 25.2. The second-order valence-electron chi connectivity index (χ2n) is 6.99. The molecule has 5 nitrogen and oxygen atoms in total. The summed E-state index contributed by atoms with van der Waals surface area (Å²) in [6.45, 7) is 1.76. The number of hydrogen-bond donors (Lipinski definition) is 2. The lowest BCUT2D eigenvalue weighted by atomic mass is 9.67. The summed E-state index contributed by atoms with van der Waals surface area (Å²) in [5, 5.41) is 6.54. The summed E-state index contributed by atoms with van der Waals surface area (Å²) in [6.07, 6.45) is 7.91. The van der Waals surface area contributed by atoms with E-state index < -0.39 is 0 Å². The Morgan fingerprint density at radius 3 is 2.68 bits per heavy atom. The van der Waals surface area contributed by atoms with Gasteiger partial charge in [0.1, 0.15) is 11.5 Å². The summed E-state index contributed by atoms with van der Waals surface area (Å²) in [5.74, 6) is 2.11. The summed E-state index contributed by atoms with van der Waals surface area (Å²) in [4.78, 5) is 16.9. The minimum absolute atomic E-state index is 0.157. The van der Waals surface area contributed by atoms with E-state index >= 15 is 0 Å². The van der Waals surface area contributed by atoms with Gasteiger partial charge >= 0.3 is 0 Å². The van der Waals surface area contributed by atoms with Crippen molar-refractivity contribution in [3.63, 3.8) is 0 Å². The summed E-state index contributed by atoms with van der Waals surface area (Å²) in [6, 6.07) is 11.2. The molecule has 1 amide bonds. The molecular weight excluding hydrogens is 314 g/mol. The lowest BCUT2D eigenvalue weighted by Gasteiger charge is -2.37. The summed E-state index contributed by atoms with van der Waals surface area (Å²) in [5.41, 5.74) is 0.586. The number of nitrogens with zero attached hydrogens (tertiary/aromatic N) is 1. The fraction of sp³-hybridized carbons (Fsp3) is 0.400. The molecule has 1 aromatic heterocycles. The van der Waals surface area contributed by atoms with Crippen molar-refractivity contribution in [2.24, 2.45) is 11.3 Å². The second-order valence-corrected chi connectivity index (χ2v) is 6.99. The van der Waals surface area contributed by atoms with Crippen LogP contribution < -0.4 is 15.4 Å². The Balaban J connectivity index is 1.43. The van der Waals surface area contributed by atoms with Gasteiger partial charge in [0, 0.05) is 24.6 Å². The molecule has 0 radical (unpaired) electrons. The molecule has 1 saturated heterocycles. The van der Waals surface area contributed by atoms with Gasteiger partial charge < -0.3 is 15.4 Å². The minimum atomic E-state index is -0.232. The van der Waals surface area contributed by atoms with Crippen molar-refractivity contribution < 1.29 is 9.53 Å². The molecular formula is C20H23N3O2. The largest absolute Gasteiger partial charge is 0.457 e. The van der Waals surface area contributed by atoms with Crippen LogP contribution in [0.25, 0.3) is 0 Å². The molecule has 4 rings (SSSR count). The zero-order valence-corrected chi connectivity index (χ0v) is 14.2. The fourth-order valence-electron chi connectivity index (χ4n) is 4.09. The van der Waals surface area contributed by atoms with E-state index in [0.29, 0.717) is 5.92 Å². The standard InChI is InChI=1S/C20H23N3O2/c24-19(20-10-2-1-3-15(20)13-22-14-20)23-16-4-6-17(7-5-16)25-18-8-11-21-12-9-18/h4-9,11-12,15,22H,1-3,10,13-14H2,(H,23,24)/t15-,20+/m0/s1. The third-order valence-electron chi connectivity index (χ3n) is 5.49. The molecule has 2 aromatic rings. The van der Waals surface area contributed by atoms with Crippen LogP contribution >= 0.6 is 0 Å². The van der Waals surface area contributed by atoms with Crippen molar-refractivity contribution in [2.45, 2.75) is 25.7 Å². The molecule has 1 aliphatic heterocycles. The first kappa shape index (κ1) is 16.1. The molecule has 1 saturated carbocycles. The van der Waals surface area contributed by atoms with E-state index in [1.165, 1.54) is 6.42 Å². The first-order chi connectivity index (χ1) is 12.3. The molecule has 2 aliphatic rings. The van der Waals surface area contributed by atoms with E-state index in [-0.39, 0.29) is 11.3 Å². The highest BCUT2D eigenvalue weighted by atomic mass is 16.5. The summed E-state index contributed by atoms with van der Waals surface area (Å²) < 4.78 is 5.76. The lowest BCUT2D eigenvalue weighted by Crippen LogP contribution is -2.44. The Kier molecular flexibility index (Phi) is 4.40. The molecule has 130 valence electrons. The maximum Gasteiger partial charge on any atom is 0.232 e. The fourth-order valence-corrected chi connectivity index (χ4v) is 4.09. The van der Waals surface area contributed by atoms with Gasteiger partial charge in [-0.3, -0.25) is 9.78 Å². The molecule has 5 heteroatoms. The van der Waals surface area contributed by atoms with Crippen LogP contribution in [-0.2, 0) is 4.79 Å². The molecule has 1 aliphatic carbocycles. The molecule has 2 heterocycles. The van der Waals surface area contributed by atoms with Crippen LogP contribution in [0, 0.1) is 11.3 Å². The van der Waals surface area contributed by atoms with Gasteiger partial charge in [-0.25, -0.2) is 0 Å². The second kappa shape index (κ2) is 6.84. The van der Waals surface area contributed by atoms with Crippen molar-refractivity contribution in [2.75, 3.05) is 18.4 Å². The average molecular weight is 337 g/mol. The predicted octanol–water partition coefficient (Wildman–Crippen LogP) is 3.59. The van der Waals surface area contributed by atoms with Crippen molar-refractivity contribution >= 4 is 11.6 Å². The zero-order chi connectivity index (χ0) is 17.1. The number of hydrogen-bond acceptors (Lipinski definition) is 4. The zero-order valence-electron chi connectivity index (χ0n) is 14.2. The number of aromatic nitrogens is 1. The van der Waals surface area contributed by atoms with E-state index in [2.05, 4.69) is 15.6 Å². The van der Waals surface area contributed by atoms with Gasteiger partial charge in [-0.15, -0.1) is 0 Å². The molecule has 25 heavy (non-hydrogen) atoms. The van der Waals surface area contributed by atoms with E-state index in [1.807, 2.05) is 36.4 Å². The number of fused-ring (bicyclic) bond motifs is 1. The van der Waals surface area contributed by atoms with Gasteiger partial charge in [0.15, 0.2) is 0 Å². The number of benzene rings is 1. The topological polar surface area (TPSA) is 63.2 Å².